The molecule has 3 rings (SSSR count). The molecule has 0 spiro atoms. The maximum atomic E-state index is 14.4. The number of benzene rings is 1. The van der Waals surface area contributed by atoms with E-state index in [1.54, 1.807) is 0 Å². The maximum Gasteiger partial charge on any atom is 0.411 e. The number of methoxy groups -OCH3 is 1. The third-order valence-electron chi connectivity index (χ3n) is 5.39. The molecule has 0 radical (unpaired) electrons. The fourth-order valence-electron chi connectivity index (χ4n) is 3.76. The van der Waals surface area contributed by atoms with E-state index in [4.69, 9.17) is 14.6 Å². The first-order chi connectivity index (χ1) is 16.2. The Balaban J connectivity index is 1.99. The highest BCUT2D eigenvalue weighted by atomic mass is 32.2. The molecule has 0 bridgehead atoms. The molecule has 1 aliphatic rings. The Morgan fingerprint density at radius 1 is 1.31 bits per heavy atom. The average Bonchev–Trinajstić information content (AvgIpc) is 3.11. The minimum Gasteiger partial charge on any atom is -0.491 e. The SMILES string of the molecule is COc1c(N2C[C@@H](OCC(F)(F)F)CC2(C)C(=O)Nc2ccnc(S(N)(=O)=O)c2)ccc(F)c1F. The second-order valence-corrected chi connectivity index (χ2v) is 9.44. The molecule has 1 fully saturated rings. The third kappa shape index (κ3) is 5.79. The van der Waals surface area contributed by atoms with E-state index in [-0.39, 0.29) is 24.3 Å². The Labute approximate surface area is 197 Å². The molecule has 15 heteroatoms. The van der Waals surface area contributed by atoms with Gasteiger partial charge in [0, 0.05) is 30.9 Å². The molecule has 2 atom stereocenters. The van der Waals surface area contributed by atoms with Gasteiger partial charge >= 0.3 is 6.18 Å². The molecule has 2 aromatic rings. The van der Waals surface area contributed by atoms with Crippen LogP contribution in [0, 0.1) is 11.6 Å². The Morgan fingerprint density at radius 3 is 2.60 bits per heavy atom. The number of anilines is 2. The molecule has 1 aliphatic heterocycles. The van der Waals surface area contributed by atoms with Crippen LogP contribution in [0.3, 0.4) is 0 Å². The van der Waals surface area contributed by atoms with Gasteiger partial charge in [0.1, 0.15) is 12.1 Å². The summed E-state index contributed by atoms with van der Waals surface area (Å²) in [5.74, 6) is -3.93. The maximum absolute atomic E-state index is 14.4. The number of nitrogens with one attached hydrogen (secondary N) is 1. The first-order valence-corrected chi connectivity index (χ1v) is 11.5. The zero-order valence-corrected chi connectivity index (χ0v) is 19.2. The number of ether oxygens (including phenoxy) is 2. The number of primary sulfonamides is 1. The number of alkyl halides is 3. The highest BCUT2D eigenvalue weighted by molar-refractivity contribution is 7.89. The van der Waals surface area contributed by atoms with E-state index >= 15 is 0 Å². The number of nitrogens with two attached hydrogens (primary N) is 1. The van der Waals surface area contributed by atoms with Crippen LogP contribution in [0.1, 0.15) is 13.3 Å². The number of aromatic nitrogens is 1. The summed E-state index contributed by atoms with van der Waals surface area (Å²) < 4.78 is 99.4. The lowest BCUT2D eigenvalue weighted by Gasteiger charge is -2.36. The van der Waals surface area contributed by atoms with Crippen LogP contribution < -0.4 is 20.1 Å². The van der Waals surface area contributed by atoms with Crippen molar-refractivity contribution in [3.8, 4) is 5.75 Å². The lowest BCUT2D eigenvalue weighted by Crippen LogP contribution is -2.51. The first kappa shape index (κ1) is 26.6. The molecule has 0 aliphatic carbocycles. The summed E-state index contributed by atoms with van der Waals surface area (Å²) in [6, 6.07) is 4.17. The Morgan fingerprint density at radius 2 is 2.00 bits per heavy atom. The fraction of sp³-hybridized carbons (Fsp3) is 0.400. The Bertz CT molecular complexity index is 1230. The predicted octanol–water partition coefficient (Wildman–Crippen LogP) is 2.57. The van der Waals surface area contributed by atoms with Crippen molar-refractivity contribution in [3.63, 3.8) is 0 Å². The summed E-state index contributed by atoms with van der Waals surface area (Å²) in [5, 5.41) is 6.98. The lowest BCUT2D eigenvalue weighted by atomic mass is 9.95. The van der Waals surface area contributed by atoms with Gasteiger partial charge in [-0.25, -0.2) is 22.9 Å². The highest BCUT2D eigenvalue weighted by Crippen LogP contribution is 2.42. The van der Waals surface area contributed by atoms with E-state index in [1.165, 1.54) is 17.9 Å². The van der Waals surface area contributed by atoms with Crippen LogP contribution in [0.15, 0.2) is 35.5 Å². The van der Waals surface area contributed by atoms with Gasteiger partial charge in [-0.05, 0) is 25.1 Å². The highest BCUT2D eigenvalue weighted by Gasteiger charge is 2.50. The van der Waals surface area contributed by atoms with Crippen LogP contribution in [0.4, 0.5) is 33.3 Å². The van der Waals surface area contributed by atoms with Crippen molar-refractivity contribution in [1.82, 2.24) is 4.98 Å². The van der Waals surface area contributed by atoms with Gasteiger partial charge in [-0.2, -0.15) is 17.6 Å². The summed E-state index contributed by atoms with van der Waals surface area (Å²) in [6.07, 6.45) is -4.95. The minimum absolute atomic E-state index is 0.0212. The molecule has 1 unspecified atom stereocenters. The van der Waals surface area contributed by atoms with E-state index < -0.39 is 62.8 Å². The summed E-state index contributed by atoms with van der Waals surface area (Å²) >= 11 is 0. The summed E-state index contributed by atoms with van der Waals surface area (Å²) in [7, 11) is -3.12. The number of amides is 1. The van der Waals surface area contributed by atoms with E-state index in [0.717, 1.165) is 31.5 Å². The van der Waals surface area contributed by atoms with Crippen molar-refractivity contribution in [2.45, 2.75) is 36.2 Å². The molecule has 9 nitrogen and oxygen atoms in total. The number of rotatable bonds is 7. The summed E-state index contributed by atoms with van der Waals surface area (Å²) in [4.78, 5) is 18.2. The smallest absolute Gasteiger partial charge is 0.411 e. The van der Waals surface area contributed by atoms with Gasteiger partial charge in [0.25, 0.3) is 10.0 Å². The largest absolute Gasteiger partial charge is 0.491 e. The number of carbonyl (C=O) groups is 1. The number of halogens is 5. The second kappa shape index (κ2) is 9.54. The normalized spacial score (nSPS) is 20.7. The molecule has 1 aromatic carbocycles. The van der Waals surface area contributed by atoms with Gasteiger partial charge in [0.05, 0.1) is 18.9 Å². The zero-order valence-electron chi connectivity index (χ0n) is 18.4. The van der Waals surface area contributed by atoms with Crippen molar-refractivity contribution in [2.75, 3.05) is 30.5 Å². The quantitative estimate of drug-likeness (QED) is 0.534. The number of nitrogens with zero attached hydrogens (tertiary/aromatic N) is 2. The van der Waals surface area contributed by atoms with E-state index in [9.17, 15) is 35.2 Å². The molecular formula is C20H21F5N4O5S. The van der Waals surface area contributed by atoms with Gasteiger partial charge in [0.2, 0.25) is 11.7 Å². The third-order valence-corrected chi connectivity index (χ3v) is 6.19. The molecule has 1 amide bonds. The summed E-state index contributed by atoms with van der Waals surface area (Å²) in [6.45, 7) is -0.512. The van der Waals surface area contributed by atoms with Crippen molar-refractivity contribution >= 4 is 27.3 Å². The van der Waals surface area contributed by atoms with Crippen molar-refractivity contribution in [3.05, 3.63) is 42.1 Å². The monoisotopic (exact) mass is 524 g/mol. The van der Waals surface area contributed by atoms with Crippen molar-refractivity contribution < 1.29 is 44.6 Å². The first-order valence-electron chi connectivity index (χ1n) is 9.94. The minimum atomic E-state index is -4.63. The van der Waals surface area contributed by atoms with Crippen LogP contribution in [0.25, 0.3) is 0 Å². The van der Waals surface area contributed by atoms with E-state index in [1.807, 2.05) is 0 Å². The zero-order chi connectivity index (χ0) is 26.2. The van der Waals surface area contributed by atoms with Gasteiger partial charge < -0.3 is 19.7 Å². The molecule has 2 heterocycles. The van der Waals surface area contributed by atoms with Gasteiger partial charge in [0.15, 0.2) is 16.6 Å². The van der Waals surface area contributed by atoms with Crippen molar-refractivity contribution in [1.29, 1.82) is 0 Å². The number of hydrogen-bond donors (Lipinski definition) is 2. The van der Waals surface area contributed by atoms with Crippen LogP contribution in [0.2, 0.25) is 0 Å². The fourth-order valence-corrected chi connectivity index (χ4v) is 4.26. The molecule has 1 aromatic heterocycles. The van der Waals surface area contributed by atoms with Crippen molar-refractivity contribution in [2.24, 2.45) is 5.14 Å². The molecule has 192 valence electrons. The Hall–Kier alpha value is -3.04. The molecule has 3 N–H and O–H groups in total. The number of pyridine rings is 1. The van der Waals surface area contributed by atoms with E-state index in [2.05, 4.69) is 10.3 Å². The van der Waals surface area contributed by atoms with Crippen LogP contribution >= 0.6 is 0 Å². The standard InChI is InChI=1S/C20H21F5N4O5S/c1-19(18(30)28-11-5-6-27-15(7-11)35(26,31)32)8-12(34-10-20(23,24)25)9-29(19)14-4-3-13(21)16(22)17(14)33-2/h3-7,12H,8-10H2,1-2H3,(H2,26,31,32)(H,27,28,30)/t12-,19?/m0/s1. The molecule has 0 saturated carbocycles. The summed E-state index contributed by atoms with van der Waals surface area (Å²) in [5.41, 5.74) is -1.77. The van der Waals surface area contributed by atoms with Gasteiger partial charge in [-0.15, -0.1) is 0 Å². The van der Waals surface area contributed by atoms with Crippen LogP contribution in [0.5, 0.6) is 5.75 Å². The lowest BCUT2D eigenvalue weighted by molar-refractivity contribution is -0.183. The molecular weight excluding hydrogens is 503 g/mol. The average molecular weight is 524 g/mol. The van der Waals surface area contributed by atoms with Gasteiger partial charge in [-0.1, -0.05) is 0 Å². The molecule has 1 saturated heterocycles. The van der Waals surface area contributed by atoms with Crippen LogP contribution in [-0.2, 0) is 19.6 Å². The number of sulfonamides is 1. The second-order valence-electron chi connectivity index (χ2n) is 7.93. The Kier molecular flexibility index (Phi) is 7.24. The predicted molar refractivity (Wildman–Crippen MR) is 113 cm³/mol. The topological polar surface area (TPSA) is 124 Å². The number of carbonyl (C=O) groups excluding carboxylic acids is 1. The number of hydrogen-bond acceptors (Lipinski definition) is 7. The molecule has 35 heavy (non-hydrogen) atoms. The van der Waals surface area contributed by atoms with Crippen LogP contribution in [-0.4, -0.2) is 57.4 Å². The van der Waals surface area contributed by atoms with E-state index in [0.29, 0.717) is 0 Å². The van der Waals surface area contributed by atoms with Gasteiger partial charge in [-0.3, -0.25) is 4.79 Å².